The van der Waals surface area contributed by atoms with Crippen LogP contribution in [0.15, 0.2) is 22.7 Å². The second-order valence-corrected chi connectivity index (χ2v) is 3.62. The molecule has 0 aliphatic heterocycles. The van der Waals surface area contributed by atoms with Crippen molar-refractivity contribution in [2.45, 2.75) is 13.5 Å². The molecule has 2 heterocycles. The monoisotopic (exact) mass is 251 g/mol. The second-order valence-electron chi connectivity index (χ2n) is 3.62. The van der Waals surface area contributed by atoms with E-state index in [-0.39, 0.29) is 17.9 Å². The molecule has 0 spiro atoms. The minimum absolute atomic E-state index is 0.0756. The van der Waals surface area contributed by atoms with Crippen molar-refractivity contribution in [2.75, 3.05) is 0 Å². The first-order chi connectivity index (χ1) is 8.47. The van der Waals surface area contributed by atoms with Crippen molar-refractivity contribution >= 4 is 11.8 Å². The zero-order valence-electron chi connectivity index (χ0n) is 9.36. The van der Waals surface area contributed by atoms with Crippen LogP contribution in [-0.4, -0.2) is 25.8 Å². The Morgan fingerprint density at radius 2 is 2.39 bits per heavy atom. The van der Waals surface area contributed by atoms with Crippen molar-refractivity contribution in [3.8, 4) is 0 Å². The SMILES string of the molecule is Cc1oc(Cn2ccc([N+](=O)[O-])n2)cc1C(=O)O. The molecule has 2 aromatic heterocycles. The van der Waals surface area contributed by atoms with E-state index in [1.54, 1.807) is 6.92 Å². The Hall–Kier alpha value is -2.64. The summed E-state index contributed by atoms with van der Waals surface area (Å²) in [5.74, 6) is -0.673. The van der Waals surface area contributed by atoms with E-state index >= 15 is 0 Å². The summed E-state index contributed by atoms with van der Waals surface area (Å²) in [4.78, 5) is 20.6. The molecule has 1 N–H and O–H groups in total. The number of hydrogen-bond donors (Lipinski definition) is 1. The average molecular weight is 251 g/mol. The summed E-state index contributed by atoms with van der Waals surface area (Å²) in [6.45, 7) is 1.68. The number of aryl methyl sites for hydroxylation is 1. The first-order valence-electron chi connectivity index (χ1n) is 4.98. The summed E-state index contributed by atoms with van der Waals surface area (Å²) in [7, 11) is 0. The van der Waals surface area contributed by atoms with Gasteiger partial charge in [-0.15, -0.1) is 0 Å². The Morgan fingerprint density at radius 1 is 1.67 bits per heavy atom. The van der Waals surface area contributed by atoms with Crippen LogP contribution in [0.4, 0.5) is 5.82 Å². The molecule has 2 rings (SSSR count). The highest BCUT2D eigenvalue weighted by Gasteiger charge is 2.16. The van der Waals surface area contributed by atoms with E-state index in [2.05, 4.69) is 5.10 Å². The quantitative estimate of drug-likeness (QED) is 0.650. The molecule has 0 unspecified atom stereocenters. The maximum absolute atomic E-state index is 10.8. The normalized spacial score (nSPS) is 10.5. The lowest BCUT2D eigenvalue weighted by Gasteiger charge is -1.91. The predicted molar refractivity (Wildman–Crippen MR) is 58.4 cm³/mol. The largest absolute Gasteiger partial charge is 0.478 e. The highest BCUT2D eigenvalue weighted by atomic mass is 16.6. The lowest BCUT2D eigenvalue weighted by atomic mass is 10.2. The second kappa shape index (κ2) is 4.32. The molecular weight excluding hydrogens is 242 g/mol. The average Bonchev–Trinajstić information content (AvgIpc) is 2.86. The van der Waals surface area contributed by atoms with Gasteiger partial charge in [-0.25, -0.2) is 4.79 Å². The Kier molecular flexibility index (Phi) is 2.84. The molecule has 2 aromatic rings. The van der Waals surface area contributed by atoms with E-state index in [1.165, 1.54) is 23.0 Å². The number of rotatable bonds is 4. The van der Waals surface area contributed by atoms with E-state index in [1.807, 2.05) is 0 Å². The van der Waals surface area contributed by atoms with Gasteiger partial charge >= 0.3 is 11.8 Å². The summed E-state index contributed by atoms with van der Waals surface area (Å²) in [6, 6.07) is 2.64. The molecule has 0 amide bonds. The fourth-order valence-electron chi connectivity index (χ4n) is 1.53. The molecule has 0 saturated heterocycles. The van der Waals surface area contributed by atoms with Gasteiger partial charge in [-0.3, -0.25) is 0 Å². The number of carboxylic acids is 1. The first kappa shape index (κ1) is 11.8. The number of carbonyl (C=O) groups is 1. The van der Waals surface area contributed by atoms with Crippen LogP contribution in [0.1, 0.15) is 21.9 Å². The molecule has 94 valence electrons. The summed E-state index contributed by atoms with van der Waals surface area (Å²) in [5, 5.41) is 23.0. The Bertz CT molecular complexity index is 613. The van der Waals surface area contributed by atoms with Crippen molar-refractivity contribution in [2.24, 2.45) is 0 Å². The van der Waals surface area contributed by atoms with E-state index in [0.717, 1.165) is 0 Å². The highest BCUT2D eigenvalue weighted by Crippen LogP contribution is 2.16. The van der Waals surface area contributed by atoms with Gasteiger partial charge in [0.1, 0.15) is 23.6 Å². The molecule has 0 radical (unpaired) electrons. The minimum atomic E-state index is -1.08. The smallest absolute Gasteiger partial charge is 0.389 e. The molecule has 0 atom stereocenters. The Morgan fingerprint density at radius 3 is 2.89 bits per heavy atom. The van der Waals surface area contributed by atoms with Crippen molar-refractivity contribution in [1.29, 1.82) is 0 Å². The van der Waals surface area contributed by atoms with Gasteiger partial charge in [-0.2, -0.15) is 4.68 Å². The van der Waals surface area contributed by atoms with Crippen LogP contribution >= 0.6 is 0 Å². The topological polar surface area (TPSA) is 111 Å². The molecule has 0 aliphatic rings. The van der Waals surface area contributed by atoms with Gasteiger partial charge in [0, 0.05) is 0 Å². The van der Waals surface area contributed by atoms with Gasteiger partial charge in [-0.1, -0.05) is 0 Å². The summed E-state index contributed by atoms with van der Waals surface area (Å²) < 4.78 is 6.55. The summed E-state index contributed by atoms with van der Waals surface area (Å²) in [5.41, 5.74) is 0.0756. The summed E-state index contributed by atoms with van der Waals surface area (Å²) in [6.07, 6.45) is 1.43. The first-order valence-corrected chi connectivity index (χ1v) is 4.98. The van der Waals surface area contributed by atoms with Crippen LogP contribution in [0.5, 0.6) is 0 Å². The molecule has 0 aliphatic carbocycles. The van der Waals surface area contributed by atoms with E-state index < -0.39 is 10.9 Å². The number of furan rings is 1. The zero-order valence-corrected chi connectivity index (χ0v) is 9.36. The Labute approximate surface area is 101 Å². The van der Waals surface area contributed by atoms with Gasteiger partial charge in [0.15, 0.2) is 0 Å². The van der Waals surface area contributed by atoms with Crippen LogP contribution in [-0.2, 0) is 6.54 Å². The maximum Gasteiger partial charge on any atom is 0.389 e. The van der Waals surface area contributed by atoms with Gasteiger partial charge in [0.2, 0.25) is 0 Å². The van der Waals surface area contributed by atoms with Crippen LogP contribution in [0.25, 0.3) is 0 Å². The third-order valence-electron chi connectivity index (χ3n) is 2.33. The fourth-order valence-corrected chi connectivity index (χ4v) is 1.53. The number of aromatic nitrogens is 2. The molecule has 8 heteroatoms. The fraction of sp³-hybridized carbons (Fsp3) is 0.200. The minimum Gasteiger partial charge on any atom is -0.478 e. The highest BCUT2D eigenvalue weighted by molar-refractivity contribution is 5.88. The predicted octanol–water partition coefficient (Wildman–Crippen LogP) is 1.44. The van der Waals surface area contributed by atoms with E-state index in [9.17, 15) is 14.9 Å². The zero-order chi connectivity index (χ0) is 13.3. The van der Waals surface area contributed by atoms with Crippen LogP contribution in [0, 0.1) is 17.0 Å². The number of aromatic carboxylic acids is 1. The number of carboxylic acid groups (broad SMARTS) is 1. The maximum atomic E-state index is 10.8. The Balaban J connectivity index is 2.20. The number of nitro groups is 1. The van der Waals surface area contributed by atoms with Crippen molar-refractivity contribution < 1.29 is 19.2 Å². The molecule has 0 fully saturated rings. The van der Waals surface area contributed by atoms with Crippen LogP contribution < -0.4 is 0 Å². The lowest BCUT2D eigenvalue weighted by Crippen LogP contribution is -2.00. The van der Waals surface area contributed by atoms with Gasteiger partial charge < -0.3 is 19.6 Å². The molecule has 0 saturated carbocycles. The number of nitrogens with zero attached hydrogens (tertiary/aromatic N) is 3. The third kappa shape index (κ3) is 2.21. The molecule has 0 bridgehead atoms. The van der Waals surface area contributed by atoms with Crippen molar-refractivity contribution in [3.05, 3.63) is 45.5 Å². The van der Waals surface area contributed by atoms with Crippen LogP contribution in [0.2, 0.25) is 0 Å². The van der Waals surface area contributed by atoms with Gasteiger partial charge in [0.05, 0.1) is 17.4 Å². The molecule has 0 aromatic carbocycles. The molecule has 18 heavy (non-hydrogen) atoms. The molecule has 8 nitrogen and oxygen atoms in total. The van der Waals surface area contributed by atoms with E-state index in [4.69, 9.17) is 9.52 Å². The molecular formula is C10H9N3O5. The third-order valence-corrected chi connectivity index (χ3v) is 2.33. The van der Waals surface area contributed by atoms with Crippen LogP contribution in [0.3, 0.4) is 0 Å². The number of hydrogen-bond acceptors (Lipinski definition) is 5. The summed E-state index contributed by atoms with van der Waals surface area (Å²) >= 11 is 0. The van der Waals surface area contributed by atoms with Crippen molar-refractivity contribution in [1.82, 2.24) is 9.78 Å². The standard InChI is InChI=1S/C10H9N3O5/c1-6-8(10(14)15)4-7(18-6)5-12-3-2-9(11-12)13(16)17/h2-4H,5H2,1H3,(H,14,15). The van der Waals surface area contributed by atoms with Crippen molar-refractivity contribution in [3.63, 3.8) is 0 Å². The van der Waals surface area contributed by atoms with Gasteiger partial charge in [-0.05, 0) is 17.9 Å². The van der Waals surface area contributed by atoms with Gasteiger partial charge in [0.25, 0.3) is 0 Å². The lowest BCUT2D eigenvalue weighted by molar-refractivity contribution is -0.389. The van der Waals surface area contributed by atoms with E-state index in [0.29, 0.717) is 11.5 Å².